The molecule has 0 amide bonds. The van der Waals surface area contributed by atoms with E-state index in [9.17, 15) is 26.3 Å². The van der Waals surface area contributed by atoms with Gasteiger partial charge in [0.25, 0.3) is 0 Å². The number of carboxylic acids is 2. The fourth-order valence-electron chi connectivity index (χ4n) is 3.03. The average Bonchev–Trinajstić information content (AvgIpc) is 3.42. The number of aryl methyl sites for hydroxylation is 2. The van der Waals surface area contributed by atoms with Crippen molar-refractivity contribution in [1.29, 1.82) is 0 Å². The smallest absolute Gasteiger partial charge is 0.475 e. The van der Waals surface area contributed by atoms with Crippen LogP contribution in [0.2, 0.25) is 0 Å². The first-order valence-electron chi connectivity index (χ1n) is 10.8. The third kappa shape index (κ3) is 9.32. The zero-order valence-corrected chi connectivity index (χ0v) is 20.2. The summed E-state index contributed by atoms with van der Waals surface area (Å²) in [6, 6.07) is 3.88. The predicted octanol–water partition coefficient (Wildman–Crippen LogP) is 2.90. The van der Waals surface area contributed by atoms with Gasteiger partial charge in [0.1, 0.15) is 11.5 Å². The Labute approximate surface area is 215 Å². The number of carboxylic acid groups (broad SMARTS) is 2. The number of nitrogens with zero attached hydrogens (tertiary/aromatic N) is 5. The van der Waals surface area contributed by atoms with Crippen molar-refractivity contribution in [3.8, 4) is 11.3 Å². The minimum Gasteiger partial charge on any atom is -0.475 e. The van der Waals surface area contributed by atoms with Crippen LogP contribution in [0, 0.1) is 13.8 Å². The summed E-state index contributed by atoms with van der Waals surface area (Å²) in [5, 5.41) is 30.2. The third-order valence-corrected chi connectivity index (χ3v) is 4.94. The van der Waals surface area contributed by atoms with Gasteiger partial charge in [0, 0.05) is 36.6 Å². The van der Waals surface area contributed by atoms with Crippen molar-refractivity contribution < 1.29 is 55.4 Å². The molecule has 3 N–H and O–H groups in total. The molecule has 1 aliphatic rings. The molecule has 0 aliphatic carbocycles. The fourth-order valence-corrected chi connectivity index (χ4v) is 3.03. The Morgan fingerprint density at radius 3 is 2.23 bits per heavy atom. The molecule has 214 valence electrons. The Morgan fingerprint density at radius 1 is 1.13 bits per heavy atom. The molecule has 0 fully saturated rings. The number of rotatable bonds is 5. The van der Waals surface area contributed by atoms with Crippen LogP contribution in [0.4, 0.5) is 26.3 Å². The van der Waals surface area contributed by atoms with Gasteiger partial charge >= 0.3 is 24.3 Å². The highest BCUT2D eigenvalue weighted by molar-refractivity contribution is 5.73. The average molecular weight is 568 g/mol. The highest BCUT2D eigenvalue weighted by Crippen LogP contribution is 2.24. The van der Waals surface area contributed by atoms with Crippen molar-refractivity contribution in [3.05, 3.63) is 47.2 Å². The molecule has 1 atom stereocenters. The summed E-state index contributed by atoms with van der Waals surface area (Å²) in [6.07, 6.45) is -6.57. The second kappa shape index (κ2) is 13.1. The van der Waals surface area contributed by atoms with Gasteiger partial charge in [0.05, 0.1) is 30.6 Å². The summed E-state index contributed by atoms with van der Waals surface area (Å²) >= 11 is 0. The van der Waals surface area contributed by atoms with E-state index in [1.165, 1.54) is 0 Å². The molecule has 4 heterocycles. The van der Waals surface area contributed by atoms with Gasteiger partial charge in [0.2, 0.25) is 0 Å². The Kier molecular flexibility index (Phi) is 10.5. The van der Waals surface area contributed by atoms with E-state index in [1.54, 1.807) is 12.4 Å². The van der Waals surface area contributed by atoms with Crippen molar-refractivity contribution in [2.75, 3.05) is 6.54 Å². The van der Waals surface area contributed by atoms with Gasteiger partial charge in [-0.2, -0.15) is 26.3 Å². The SMILES string of the molecule is Cc1noc(C)c1CNCC1Cn2nnc(-c3cccnc3)c2CO1.O=C(O)C(F)(F)F.O=C(O)C(F)(F)F. The molecule has 4 rings (SSSR count). The van der Waals surface area contributed by atoms with Crippen molar-refractivity contribution >= 4 is 11.9 Å². The Hall–Kier alpha value is -4.06. The summed E-state index contributed by atoms with van der Waals surface area (Å²) in [6.45, 7) is 6.49. The number of halogens is 6. The van der Waals surface area contributed by atoms with E-state index in [4.69, 9.17) is 29.1 Å². The molecule has 0 radical (unpaired) electrons. The highest BCUT2D eigenvalue weighted by atomic mass is 19.4. The Morgan fingerprint density at radius 2 is 1.74 bits per heavy atom. The number of aliphatic carboxylic acids is 2. The van der Waals surface area contributed by atoms with Gasteiger partial charge in [0.15, 0.2) is 0 Å². The van der Waals surface area contributed by atoms with E-state index in [0.717, 1.165) is 40.5 Å². The Bertz CT molecular complexity index is 1200. The number of fused-ring (bicyclic) bond motifs is 1. The van der Waals surface area contributed by atoms with Crippen LogP contribution in [-0.2, 0) is 34.0 Å². The van der Waals surface area contributed by atoms with Crippen LogP contribution in [0.3, 0.4) is 0 Å². The second-order valence-corrected chi connectivity index (χ2v) is 7.78. The fraction of sp³-hybridized carbons (Fsp3) is 0.429. The van der Waals surface area contributed by atoms with E-state index in [0.29, 0.717) is 19.7 Å². The molecule has 3 aromatic rings. The lowest BCUT2D eigenvalue weighted by Gasteiger charge is -2.24. The van der Waals surface area contributed by atoms with Crippen LogP contribution in [0.15, 0.2) is 29.0 Å². The van der Waals surface area contributed by atoms with E-state index < -0.39 is 24.3 Å². The first-order valence-corrected chi connectivity index (χ1v) is 10.8. The van der Waals surface area contributed by atoms with E-state index in [1.807, 2.05) is 30.7 Å². The monoisotopic (exact) mass is 568 g/mol. The normalized spacial score (nSPS) is 14.8. The third-order valence-electron chi connectivity index (χ3n) is 4.94. The number of pyridine rings is 1. The first kappa shape index (κ1) is 31.2. The number of ether oxygens (including phenoxy) is 1. The molecule has 0 spiro atoms. The largest absolute Gasteiger partial charge is 0.490 e. The molecule has 18 heteroatoms. The molecule has 3 aromatic heterocycles. The lowest BCUT2D eigenvalue weighted by Crippen LogP contribution is -2.36. The maximum Gasteiger partial charge on any atom is 0.490 e. The molecular formula is C21H22F6N6O6. The van der Waals surface area contributed by atoms with E-state index >= 15 is 0 Å². The van der Waals surface area contributed by atoms with Crippen LogP contribution in [-0.4, -0.2) is 72.3 Å². The number of aromatic nitrogens is 5. The van der Waals surface area contributed by atoms with Gasteiger partial charge in [-0.3, -0.25) is 4.98 Å². The molecule has 0 saturated heterocycles. The van der Waals surface area contributed by atoms with Crippen LogP contribution in [0.5, 0.6) is 0 Å². The molecule has 1 aliphatic heterocycles. The molecule has 1 unspecified atom stereocenters. The van der Waals surface area contributed by atoms with Crippen molar-refractivity contribution in [2.45, 2.75) is 52.0 Å². The van der Waals surface area contributed by atoms with Crippen LogP contribution < -0.4 is 5.32 Å². The molecule has 0 bridgehead atoms. The van der Waals surface area contributed by atoms with Gasteiger partial charge in [-0.1, -0.05) is 10.4 Å². The van der Waals surface area contributed by atoms with Crippen LogP contribution in [0.25, 0.3) is 11.3 Å². The van der Waals surface area contributed by atoms with Gasteiger partial charge in [-0.05, 0) is 26.0 Å². The summed E-state index contributed by atoms with van der Waals surface area (Å²) in [5.74, 6) is -4.66. The molecule has 0 aromatic carbocycles. The van der Waals surface area contributed by atoms with Crippen molar-refractivity contribution in [2.24, 2.45) is 0 Å². The van der Waals surface area contributed by atoms with Gasteiger partial charge in [-0.15, -0.1) is 5.10 Å². The quantitative estimate of drug-likeness (QED) is 0.388. The number of hydrogen-bond donors (Lipinski definition) is 3. The zero-order chi connectivity index (χ0) is 29.4. The topological polar surface area (TPSA) is 165 Å². The second-order valence-electron chi connectivity index (χ2n) is 7.78. The number of alkyl halides is 6. The summed E-state index contributed by atoms with van der Waals surface area (Å²) in [5.41, 5.74) is 4.83. The maximum atomic E-state index is 10.6. The highest BCUT2D eigenvalue weighted by Gasteiger charge is 2.38. The number of hydrogen-bond acceptors (Lipinski definition) is 9. The van der Waals surface area contributed by atoms with Crippen LogP contribution >= 0.6 is 0 Å². The minimum absolute atomic E-state index is 0.0522. The molecule has 39 heavy (non-hydrogen) atoms. The standard InChI is InChI=1S/C17H20N6O2.2C2HF3O2/c1-11-15(12(2)25-21-11)8-19-7-14-9-23-16(10-24-14)17(20-22-23)13-4-3-5-18-6-13;2*3-2(4,5)1(6)7/h3-6,14,19H,7-10H2,1-2H3;2*(H,6,7). The predicted molar refractivity (Wildman–Crippen MR) is 117 cm³/mol. The summed E-state index contributed by atoms with van der Waals surface area (Å²) < 4.78 is 76.6. The number of nitrogens with one attached hydrogen (secondary N) is 1. The lowest BCUT2D eigenvalue weighted by molar-refractivity contribution is -0.193. The van der Waals surface area contributed by atoms with E-state index in [-0.39, 0.29) is 6.10 Å². The number of carbonyl (C=O) groups is 2. The summed E-state index contributed by atoms with van der Waals surface area (Å²) in [4.78, 5) is 21.9. The van der Waals surface area contributed by atoms with Gasteiger partial charge < -0.3 is 24.8 Å². The van der Waals surface area contributed by atoms with Crippen LogP contribution in [0.1, 0.15) is 22.7 Å². The molecule has 12 nitrogen and oxygen atoms in total. The minimum atomic E-state index is -5.08. The molecule has 0 saturated carbocycles. The molecular weight excluding hydrogens is 546 g/mol. The zero-order valence-electron chi connectivity index (χ0n) is 20.2. The maximum absolute atomic E-state index is 10.6. The van der Waals surface area contributed by atoms with Crippen molar-refractivity contribution in [3.63, 3.8) is 0 Å². The Balaban J connectivity index is 0.000000317. The first-order chi connectivity index (χ1) is 18.1. The van der Waals surface area contributed by atoms with E-state index in [2.05, 4.69) is 25.8 Å². The lowest BCUT2D eigenvalue weighted by atomic mass is 10.1. The summed E-state index contributed by atoms with van der Waals surface area (Å²) in [7, 11) is 0. The van der Waals surface area contributed by atoms with Crippen molar-refractivity contribution in [1.82, 2.24) is 30.5 Å². The van der Waals surface area contributed by atoms with Gasteiger partial charge in [-0.25, -0.2) is 14.3 Å².